The number of hydrogen-bond acceptors (Lipinski definition) is 6. The fourth-order valence-corrected chi connectivity index (χ4v) is 1.34. The van der Waals surface area contributed by atoms with Crippen LogP contribution in [0.4, 0.5) is 0 Å². The van der Waals surface area contributed by atoms with Crippen LogP contribution >= 0.6 is 0 Å². The number of aliphatic hydroxyl groups is 2. The monoisotopic (exact) mass is 199 g/mol. The topological polar surface area (TPSA) is 110 Å². The first-order valence-electron chi connectivity index (χ1n) is 3.40. The van der Waals surface area contributed by atoms with Crippen molar-refractivity contribution in [3.8, 4) is 0 Å². The second-order valence-electron chi connectivity index (χ2n) is 2.20. The Bertz CT molecular complexity index is 212. The molecular weight excluding hydrogens is 186 g/mol. The third-order valence-corrected chi connectivity index (χ3v) is 2.69. The van der Waals surface area contributed by atoms with Gasteiger partial charge >= 0.3 is 0 Å². The summed E-state index contributed by atoms with van der Waals surface area (Å²) in [6, 6.07) is 0. The highest BCUT2D eigenvalue weighted by Crippen LogP contribution is 2.02. The highest BCUT2D eigenvalue weighted by atomic mass is 32.2. The maximum Gasteiger partial charge on any atom is 0.283 e. The Hall–Kier alpha value is -0.210. The second kappa shape index (κ2) is 4.73. The van der Waals surface area contributed by atoms with E-state index in [0.29, 0.717) is 0 Å². The molecule has 0 aliphatic carbocycles. The molecule has 12 heavy (non-hydrogen) atoms. The molecule has 0 rings (SSSR count). The molecule has 0 heterocycles. The SMILES string of the molecule is CCC(N)S(=O)(=O)OCC(O)O. The van der Waals surface area contributed by atoms with Crippen LogP contribution in [0.15, 0.2) is 0 Å². The molecular formula is C5H13NO5S. The Balaban J connectivity index is 4.06. The summed E-state index contributed by atoms with van der Waals surface area (Å²) in [5.74, 6) is 0. The van der Waals surface area contributed by atoms with Crippen molar-refractivity contribution in [3.63, 3.8) is 0 Å². The number of aliphatic hydroxyl groups excluding tert-OH is 1. The summed E-state index contributed by atoms with van der Waals surface area (Å²) in [5, 5.41) is 15.5. The van der Waals surface area contributed by atoms with Crippen LogP contribution in [0, 0.1) is 0 Å². The molecule has 74 valence electrons. The van der Waals surface area contributed by atoms with Crippen LogP contribution in [0.3, 0.4) is 0 Å². The molecule has 0 fully saturated rings. The standard InChI is InChI=1S/C5H13NO5S/c1-2-4(6)12(9,10)11-3-5(7)8/h4-5,7-8H,2-3,6H2,1H3. The van der Waals surface area contributed by atoms with E-state index in [-0.39, 0.29) is 6.42 Å². The fourth-order valence-electron chi connectivity index (χ4n) is 0.447. The summed E-state index contributed by atoms with van der Waals surface area (Å²) < 4.78 is 26.0. The predicted molar refractivity (Wildman–Crippen MR) is 41.4 cm³/mol. The summed E-state index contributed by atoms with van der Waals surface area (Å²) in [6.45, 7) is 0.900. The summed E-state index contributed by atoms with van der Waals surface area (Å²) >= 11 is 0. The van der Waals surface area contributed by atoms with E-state index < -0.39 is 28.4 Å². The van der Waals surface area contributed by atoms with E-state index in [1.165, 1.54) is 0 Å². The van der Waals surface area contributed by atoms with Gasteiger partial charge in [0.05, 0.1) is 0 Å². The van der Waals surface area contributed by atoms with E-state index in [4.69, 9.17) is 15.9 Å². The van der Waals surface area contributed by atoms with Crippen molar-refractivity contribution in [2.75, 3.05) is 6.61 Å². The largest absolute Gasteiger partial charge is 0.366 e. The van der Waals surface area contributed by atoms with Gasteiger partial charge in [-0.1, -0.05) is 6.92 Å². The van der Waals surface area contributed by atoms with Crippen LogP contribution in [-0.4, -0.2) is 36.9 Å². The van der Waals surface area contributed by atoms with Gasteiger partial charge in [0.2, 0.25) is 0 Å². The van der Waals surface area contributed by atoms with Gasteiger partial charge in [-0.3, -0.25) is 4.18 Å². The normalized spacial score (nSPS) is 15.1. The van der Waals surface area contributed by atoms with Crippen LogP contribution < -0.4 is 5.73 Å². The van der Waals surface area contributed by atoms with Crippen molar-refractivity contribution in [2.45, 2.75) is 25.0 Å². The lowest BCUT2D eigenvalue weighted by atomic mass is 10.5. The van der Waals surface area contributed by atoms with Crippen molar-refractivity contribution < 1.29 is 22.8 Å². The summed E-state index contributed by atoms with van der Waals surface area (Å²) in [6.07, 6.45) is -1.59. The van der Waals surface area contributed by atoms with Crippen molar-refractivity contribution in [1.82, 2.24) is 0 Å². The highest BCUT2D eigenvalue weighted by Gasteiger charge is 2.20. The molecule has 6 nitrogen and oxygen atoms in total. The van der Waals surface area contributed by atoms with E-state index in [0.717, 1.165) is 0 Å². The van der Waals surface area contributed by atoms with Gasteiger partial charge in [0, 0.05) is 0 Å². The molecule has 0 aromatic carbocycles. The summed E-state index contributed by atoms with van der Waals surface area (Å²) in [7, 11) is -3.85. The van der Waals surface area contributed by atoms with Crippen LogP contribution in [0.5, 0.6) is 0 Å². The number of hydrogen-bond donors (Lipinski definition) is 3. The molecule has 0 aromatic rings. The van der Waals surface area contributed by atoms with E-state index in [1.54, 1.807) is 6.92 Å². The van der Waals surface area contributed by atoms with Crippen LogP contribution in [0.2, 0.25) is 0 Å². The summed E-state index contributed by atoms with van der Waals surface area (Å²) in [5.41, 5.74) is 5.16. The lowest BCUT2D eigenvalue weighted by Crippen LogP contribution is -2.33. The molecule has 0 aliphatic heterocycles. The zero-order valence-electron chi connectivity index (χ0n) is 6.67. The molecule has 1 atom stereocenters. The molecule has 0 saturated heterocycles. The van der Waals surface area contributed by atoms with E-state index in [9.17, 15) is 8.42 Å². The van der Waals surface area contributed by atoms with Gasteiger partial charge in [0.1, 0.15) is 12.0 Å². The molecule has 4 N–H and O–H groups in total. The van der Waals surface area contributed by atoms with Gasteiger partial charge in [-0.05, 0) is 6.42 Å². The Morgan fingerprint density at radius 3 is 2.33 bits per heavy atom. The minimum Gasteiger partial charge on any atom is -0.366 e. The average molecular weight is 199 g/mol. The first-order chi connectivity index (χ1) is 5.40. The maximum atomic E-state index is 10.9. The molecule has 0 bridgehead atoms. The quantitative estimate of drug-likeness (QED) is 0.361. The van der Waals surface area contributed by atoms with E-state index >= 15 is 0 Å². The Kier molecular flexibility index (Phi) is 4.64. The Morgan fingerprint density at radius 1 is 1.50 bits per heavy atom. The molecule has 0 radical (unpaired) electrons. The van der Waals surface area contributed by atoms with Crippen LogP contribution in [-0.2, 0) is 14.3 Å². The number of nitrogens with two attached hydrogens (primary N) is 1. The zero-order valence-corrected chi connectivity index (χ0v) is 7.49. The average Bonchev–Trinajstić information content (AvgIpc) is 1.99. The van der Waals surface area contributed by atoms with Crippen LogP contribution in [0.25, 0.3) is 0 Å². The minimum atomic E-state index is -3.85. The first-order valence-corrected chi connectivity index (χ1v) is 4.87. The third kappa shape index (κ3) is 3.98. The molecule has 0 saturated carbocycles. The summed E-state index contributed by atoms with van der Waals surface area (Å²) in [4.78, 5) is 0. The van der Waals surface area contributed by atoms with Crippen molar-refractivity contribution in [1.29, 1.82) is 0 Å². The zero-order chi connectivity index (χ0) is 9.78. The fraction of sp³-hybridized carbons (Fsp3) is 1.00. The van der Waals surface area contributed by atoms with Crippen molar-refractivity contribution >= 4 is 10.1 Å². The molecule has 0 aromatic heterocycles. The van der Waals surface area contributed by atoms with Crippen LogP contribution in [0.1, 0.15) is 13.3 Å². The molecule has 0 amide bonds. The van der Waals surface area contributed by atoms with Gasteiger partial charge in [0.15, 0.2) is 6.29 Å². The minimum absolute atomic E-state index is 0.212. The van der Waals surface area contributed by atoms with Gasteiger partial charge in [0.25, 0.3) is 10.1 Å². The third-order valence-electron chi connectivity index (χ3n) is 1.15. The lowest BCUT2D eigenvalue weighted by molar-refractivity contribution is -0.0670. The highest BCUT2D eigenvalue weighted by molar-refractivity contribution is 7.87. The number of rotatable bonds is 5. The molecule has 0 spiro atoms. The smallest absolute Gasteiger partial charge is 0.283 e. The molecule has 7 heteroatoms. The van der Waals surface area contributed by atoms with Crippen molar-refractivity contribution in [2.24, 2.45) is 5.73 Å². The Morgan fingerprint density at radius 2 is 2.00 bits per heavy atom. The molecule has 0 aliphatic rings. The van der Waals surface area contributed by atoms with Gasteiger partial charge in [-0.2, -0.15) is 8.42 Å². The Labute approximate surface area is 71.1 Å². The van der Waals surface area contributed by atoms with Gasteiger partial charge in [-0.25, -0.2) is 0 Å². The second-order valence-corrected chi connectivity index (χ2v) is 4.03. The maximum absolute atomic E-state index is 10.9. The first kappa shape index (κ1) is 11.8. The van der Waals surface area contributed by atoms with E-state index in [1.807, 2.05) is 0 Å². The van der Waals surface area contributed by atoms with Crippen molar-refractivity contribution in [3.05, 3.63) is 0 Å². The lowest BCUT2D eigenvalue weighted by Gasteiger charge is -2.10. The van der Waals surface area contributed by atoms with Gasteiger partial charge < -0.3 is 15.9 Å². The van der Waals surface area contributed by atoms with E-state index in [2.05, 4.69) is 4.18 Å². The van der Waals surface area contributed by atoms with Gasteiger partial charge in [-0.15, -0.1) is 0 Å². The molecule has 1 unspecified atom stereocenters. The predicted octanol–water partition coefficient (Wildman–Crippen LogP) is -1.66.